The summed E-state index contributed by atoms with van der Waals surface area (Å²) in [4.78, 5) is 15.3. The zero-order valence-corrected chi connectivity index (χ0v) is 13.5. The third kappa shape index (κ3) is 2.84. The third-order valence-electron chi connectivity index (χ3n) is 3.47. The molecule has 0 radical (unpaired) electrons. The van der Waals surface area contributed by atoms with Gasteiger partial charge in [0.25, 0.3) is 5.91 Å². The van der Waals surface area contributed by atoms with Crippen molar-refractivity contribution in [2.24, 2.45) is 5.92 Å². The van der Waals surface area contributed by atoms with Crippen molar-refractivity contribution in [3.63, 3.8) is 0 Å². The minimum absolute atomic E-state index is 0.0197. The smallest absolute Gasteiger partial charge is 0.265 e. The first-order chi connectivity index (χ1) is 8.99. The highest BCUT2D eigenvalue weighted by molar-refractivity contribution is 7.99. The molecule has 2 atom stereocenters. The van der Waals surface area contributed by atoms with Crippen LogP contribution in [0.4, 0.5) is 10.7 Å². The van der Waals surface area contributed by atoms with Crippen LogP contribution in [0.5, 0.6) is 0 Å². The van der Waals surface area contributed by atoms with Crippen molar-refractivity contribution in [3.8, 4) is 0 Å². The van der Waals surface area contributed by atoms with E-state index in [0.29, 0.717) is 16.6 Å². The van der Waals surface area contributed by atoms with Crippen LogP contribution in [-0.4, -0.2) is 37.2 Å². The van der Waals surface area contributed by atoms with Gasteiger partial charge in [-0.2, -0.15) is 0 Å². The van der Waals surface area contributed by atoms with Crippen LogP contribution in [0.15, 0.2) is 4.90 Å². The minimum Gasteiger partial charge on any atom is -0.396 e. The summed E-state index contributed by atoms with van der Waals surface area (Å²) in [6.07, 6.45) is 4.42. The third-order valence-corrected chi connectivity index (χ3v) is 5.55. The normalized spacial score (nSPS) is 21.3. The number of rotatable bonds is 5. The van der Waals surface area contributed by atoms with Gasteiger partial charge in [0.15, 0.2) is 0 Å². The molecule has 1 aliphatic rings. The Bertz CT molecular complexity index is 484. The Labute approximate surface area is 122 Å². The van der Waals surface area contributed by atoms with Crippen LogP contribution in [0, 0.1) is 5.92 Å². The fourth-order valence-electron chi connectivity index (χ4n) is 2.13. The molecule has 1 aromatic heterocycles. The molecule has 1 aliphatic carbocycles. The van der Waals surface area contributed by atoms with Gasteiger partial charge in [0.05, 0.1) is 10.6 Å². The second-order valence-corrected chi connectivity index (χ2v) is 6.90. The number of thioether (sulfide) groups is 1. The van der Waals surface area contributed by atoms with Crippen molar-refractivity contribution in [1.82, 2.24) is 4.90 Å². The van der Waals surface area contributed by atoms with Crippen molar-refractivity contribution in [2.75, 3.05) is 31.4 Å². The molecule has 4 nitrogen and oxygen atoms in total. The summed E-state index contributed by atoms with van der Waals surface area (Å²) in [5.74, 6) is 0.750. The number of nitrogens with two attached hydrogens (primary N) is 1. The van der Waals surface area contributed by atoms with Gasteiger partial charge in [-0.1, -0.05) is 13.3 Å². The topological polar surface area (TPSA) is 58.4 Å². The van der Waals surface area contributed by atoms with Crippen LogP contribution >= 0.6 is 23.1 Å². The lowest BCUT2D eigenvalue weighted by molar-refractivity contribution is 0.0833. The largest absolute Gasteiger partial charge is 0.396 e. The number of amides is 1. The van der Waals surface area contributed by atoms with Gasteiger partial charge in [-0.3, -0.25) is 4.79 Å². The first-order valence-electron chi connectivity index (χ1n) is 6.44. The lowest BCUT2D eigenvalue weighted by Gasteiger charge is -2.08. The zero-order chi connectivity index (χ0) is 14.2. The van der Waals surface area contributed by atoms with Gasteiger partial charge in [-0.05, 0) is 18.6 Å². The highest BCUT2D eigenvalue weighted by Crippen LogP contribution is 2.45. The van der Waals surface area contributed by atoms with Gasteiger partial charge in [-0.15, -0.1) is 23.1 Å². The lowest BCUT2D eigenvalue weighted by Crippen LogP contribution is -2.21. The molecule has 2 unspecified atom stereocenters. The predicted molar refractivity (Wildman–Crippen MR) is 84.3 cm³/mol. The van der Waals surface area contributed by atoms with Crippen LogP contribution in [0.2, 0.25) is 0 Å². The van der Waals surface area contributed by atoms with E-state index in [-0.39, 0.29) is 5.91 Å². The Hall–Kier alpha value is -0.880. The molecule has 106 valence electrons. The van der Waals surface area contributed by atoms with E-state index < -0.39 is 0 Å². The molecule has 0 spiro atoms. The summed E-state index contributed by atoms with van der Waals surface area (Å²) in [7, 11) is 3.50. The Balaban J connectivity index is 2.23. The Morgan fingerprint density at radius 1 is 1.58 bits per heavy atom. The van der Waals surface area contributed by atoms with Crippen molar-refractivity contribution in [1.29, 1.82) is 0 Å². The van der Waals surface area contributed by atoms with Crippen molar-refractivity contribution >= 4 is 39.7 Å². The molecule has 1 aromatic rings. The van der Waals surface area contributed by atoms with Crippen molar-refractivity contribution < 1.29 is 4.79 Å². The van der Waals surface area contributed by atoms with E-state index in [0.717, 1.165) is 15.8 Å². The Kier molecular flexibility index (Phi) is 4.30. The van der Waals surface area contributed by atoms with Crippen molar-refractivity contribution in [3.05, 3.63) is 4.88 Å². The maximum atomic E-state index is 12.1. The second-order valence-electron chi connectivity index (χ2n) is 5.06. The Morgan fingerprint density at radius 2 is 2.26 bits per heavy atom. The number of nitrogens with one attached hydrogen (secondary N) is 1. The van der Waals surface area contributed by atoms with Gasteiger partial charge >= 0.3 is 0 Å². The molecule has 0 aromatic carbocycles. The predicted octanol–water partition coefficient (Wildman–Crippen LogP) is 2.96. The molecule has 1 heterocycles. The average molecular weight is 299 g/mol. The molecule has 6 heteroatoms. The van der Waals surface area contributed by atoms with E-state index in [9.17, 15) is 4.79 Å². The second kappa shape index (κ2) is 5.63. The SMILES string of the molecule is CCC1CC1Nc1sc(C(=O)N(C)C)c(N)c1SC. The van der Waals surface area contributed by atoms with Crippen LogP contribution in [0.1, 0.15) is 29.4 Å². The molecule has 19 heavy (non-hydrogen) atoms. The number of anilines is 2. The molecule has 1 amide bonds. The molecule has 0 saturated heterocycles. The summed E-state index contributed by atoms with van der Waals surface area (Å²) in [6, 6.07) is 0.552. The number of nitrogens with zero attached hydrogens (tertiary/aromatic N) is 1. The lowest BCUT2D eigenvalue weighted by atomic mass is 10.3. The summed E-state index contributed by atoms with van der Waals surface area (Å²) in [5.41, 5.74) is 6.74. The van der Waals surface area contributed by atoms with E-state index in [4.69, 9.17) is 5.73 Å². The fourth-order valence-corrected chi connectivity index (χ4v) is 4.24. The quantitative estimate of drug-likeness (QED) is 0.821. The van der Waals surface area contributed by atoms with Gasteiger partial charge in [0, 0.05) is 20.1 Å². The van der Waals surface area contributed by atoms with Gasteiger partial charge in [0.1, 0.15) is 9.88 Å². The number of nitrogen functional groups attached to an aromatic ring is 1. The van der Waals surface area contributed by atoms with E-state index in [1.165, 1.54) is 24.2 Å². The number of thiophene rings is 1. The van der Waals surface area contributed by atoms with Gasteiger partial charge < -0.3 is 16.0 Å². The average Bonchev–Trinajstić information content (AvgIpc) is 3.05. The summed E-state index contributed by atoms with van der Waals surface area (Å²) in [6.45, 7) is 2.21. The number of carbonyl (C=O) groups excluding carboxylic acids is 1. The highest BCUT2D eigenvalue weighted by Gasteiger charge is 2.36. The van der Waals surface area contributed by atoms with Crippen LogP contribution in [0.25, 0.3) is 0 Å². The number of carbonyl (C=O) groups is 1. The molecular formula is C13H21N3OS2. The fraction of sp³-hybridized carbons (Fsp3) is 0.615. The number of hydrogen-bond acceptors (Lipinski definition) is 5. The highest BCUT2D eigenvalue weighted by atomic mass is 32.2. The van der Waals surface area contributed by atoms with E-state index in [1.807, 2.05) is 6.26 Å². The van der Waals surface area contributed by atoms with Gasteiger partial charge in [0.2, 0.25) is 0 Å². The van der Waals surface area contributed by atoms with Crippen LogP contribution < -0.4 is 11.1 Å². The summed E-state index contributed by atoms with van der Waals surface area (Å²) in [5, 5.41) is 4.59. The van der Waals surface area contributed by atoms with Gasteiger partial charge in [-0.25, -0.2) is 0 Å². The molecule has 3 N–H and O–H groups in total. The molecule has 0 aliphatic heterocycles. The molecule has 0 bridgehead atoms. The van der Waals surface area contributed by atoms with Crippen LogP contribution in [0.3, 0.4) is 0 Å². The molecule has 2 rings (SSSR count). The molecular weight excluding hydrogens is 278 g/mol. The summed E-state index contributed by atoms with van der Waals surface area (Å²) < 4.78 is 0. The van der Waals surface area contributed by atoms with E-state index in [2.05, 4.69) is 12.2 Å². The monoisotopic (exact) mass is 299 g/mol. The van der Waals surface area contributed by atoms with E-state index in [1.54, 1.807) is 30.8 Å². The summed E-state index contributed by atoms with van der Waals surface area (Å²) >= 11 is 3.08. The molecule has 1 fully saturated rings. The standard InChI is InChI=1S/C13H21N3OS2/c1-5-7-6-8(7)15-12-10(18-4)9(14)11(19-12)13(17)16(2)3/h7-8,15H,5-6,14H2,1-4H3. The Morgan fingerprint density at radius 3 is 2.74 bits per heavy atom. The molecule has 1 saturated carbocycles. The van der Waals surface area contributed by atoms with Crippen molar-refractivity contribution in [2.45, 2.75) is 30.7 Å². The maximum Gasteiger partial charge on any atom is 0.265 e. The van der Waals surface area contributed by atoms with Crippen LogP contribution in [-0.2, 0) is 0 Å². The van der Waals surface area contributed by atoms with E-state index >= 15 is 0 Å². The first-order valence-corrected chi connectivity index (χ1v) is 8.48. The first kappa shape index (κ1) is 14.5. The maximum absolute atomic E-state index is 12.1. The number of hydrogen-bond donors (Lipinski definition) is 2. The minimum atomic E-state index is -0.0197. The zero-order valence-electron chi connectivity index (χ0n) is 11.8.